The van der Waals surface area contributed by atoms with Crippen LogP contribution in [0.4, 0.5) is 5.95 Å². The molecule has 16 heavy (non-hydrogen) atoms. The molecule has 3 aromatic heterocycles. The number of H-pyrrole nitrogens is 1. The SMILES string of the molecule is Nc1n[nH]c(-c2nnc3ccc(Br)cn23)n1. The Hall–Kier alpha value is -1.96. The number of nitrogens with one attached hydrogen (secondary N) is 1. The van der Waals surface area contributed by atoms with Crippen molar-refractivity contribution in [1.29, 1.82) is 0 Å². The minimum absolute atomic E-state index is 0.182. The van der Waals surface area contributed by atoms with Gasteiger partial charge in [0.1, 0.15) is 0 Å². The van der Waals surface area contributed by atoms with E-state index in [1.165, 1.54) is 0 Å². The third-order valence-corrected chi connectivity index (χ3v) is 2.55. The van der Waals surface area contributed by atoms with E-state index in [1.54, 1.807) is 4.40 Å². The van der Waals surface area contributed by atoms with E-state index in [-0.39, 0.29) is 5.95 Å². The first-order chi connectivity index (χ1) is 7.74. The molecule has 0 aliphatic carbocycles. The number of hydrogen-bond acceptors (Lipinski definition) is 5. The molecule has 0 aromatic carbocycles. The topological polar surface area (TPSA) is 97.8 Å². The van der Waals surface area contributed by atoms with Crippen molar-refractivity contribution in [2.75, 3.05) is 5.73 Å². The molecule has 3 aromatic rings. The second-order valence-corrected chi connectivity index (χ2v) is 4.06. The highest BCUT2D eigenvalue weighted by atomic mass is 79.9. The van der Waals surface area contributed by atoms with Crippen LogP contribution >= 0.6 is 15.9 Å². The molecule has 3 N–H and O–H groups in total. The van der Waals surface area contributed by atoms with Crippen molar-refractivity contribution in [2.24, 2.45) is 0 Å². The van der Waals surface area contributed by atoms with Crippen LogP contribution < -0.4 is 5.73 Å². The number of nitrogen functional groups attached to an aromatic ring is 1. The number of anilines is 1. The molecular formula is C8H6BrN7. The summed E-state index contributed by atoms with van der Waals surface area (Å²) >= 11 is 3.38. The number of fused-ring (bicyclic) bond motifs is 1. The van der Waals surface area contributed by atoms with Gasteiger partial charge >= 0.3 is 0 Å². The Morgan fingerprint density at radius 3 is 2.94 bits per heavy atom. The number of rotatable bonds is 1. The largest absolute Gasteiger partial charge is 0.366 e. The number of hydrogen-bond donors (Lipinski definition) is 2. The van der Waals surface area contributed by atoms with Crippen molar-refractivity contribution in [2.45, 2.75) is 0 Å². The van der Waals surface area contributed by atoms with Gasteiger partial charge in [0, 0.05) is 10.7 Å². The number of aromatic amines is 1. The van der Waals surface area contributed by atoms with Gasteiger partial charge in [-0.15, -0.1) is 15.3 Å². The fraction of sp³-hybridized carbons (Fsp3) is 0. The van der Waals surface area contributed by atoms with Gasteiger partial charge in [-0.2, -0.15) is 4.98 Å². The summed E-state index contributed by atoms with van der Waals surface area (Å²) in [6, 6.07) is 3.74. The van der Waals surface area contributed by atoms with Gasteiger partial charge in [-0.05, 0) is 28.1 Å². The Morgan fingerprint density at radius 2 is 2.19 bits per heavy atom. The average molecular weight is 280 g/mol. The number of pyridine rings is 1. The molecular weight excluding hydrogens is 274 g/mol. The smallest absolute Gasteiger partial charge is 0.239 e. The second-order valence-electron chi connectivity index (χ2n) is 3.14. The summed E-state index contributed by atoms with van der Waals surface area (Å²) in [5, 5.41) is 14.5. The molecule has 0 fully saturated rings. The molecule has 7 nitrogen and oxygen atoms in total. The van der Waals surface area contributed by atoms with E-state index in [9.17, 15) is 0 Å². The van der Waals surface area contributed by atoms with Gasteiger partial charge in [0.2, 0.25) is 11.8 Å². The highest BCUT2D eigenvalue weighted by Gasteiger charge is 2.11. The van der Waals surface area contributed by atoms with Crippen molar-refractivity contribution in [3.05, 3.63) is 22.8 Å². The molecule has 0 radical (unpaired) electrons. The highest BCUT2D eigenvalue weighted by Crippen LogP contribution is 2.17. The maximum absolute atomic E-state index is 5.44. The lowest BCUT2D eigenvalue weighted by molar-refractivity contribution is 1.04. The van der Waals surface area contributed by atoms with Gasteiger partial charge < -0.3 is 5.73 Å². The zero-order valence-electron chi connectivity index (χ0n) is 7.92. The van der Waals surface area contributed by atoms with Crippen LogP contribution in [0.1, 0.15) is 0 Å². The molecule has 0 saturated carbocycles. The summed E-state index contributed by atoms with van der Waals surface area (Å²) in [5.41, 5.74) is 6.17. The standard InChI is InChI=1S/C8H6BrN7/c9-4-1-2-5-12-14-7(16(5)3-4)6-11-8(10)15-13-6/h1-3H,(H3,10,11,13,15). The van der Waals surface area contributed by atoms with Gasteiger partial charge in [0.15, 0.2) is 11.5 Å². The molecule has 3 heterocycles. The summed E-state index contributed by atoms with van der Waals surface area (Å²) in [5.74, 6) is 1.24. The lowest BCUT2D eigenvalue weighted by atomic mass is 10.4. The first-order valence-electron chi connectivity index (χ1n) is 4.42. The molecule has 0 spiro atoms. The first-order valence-corrected chi connectivity index (χ1v) is 5.22. The predicted molar refractivity (Wildman–Crippen MR) is 60.5 cm³/mol. The Kier molecular flexibility index (Phi) is 1.90. The summed E-state index contributed by atoms with van der Waals surface area (Å²) in [6.07, 6.45) is 1.85. The maximum atomic E-state index is 5.44. The third kappa shape index (κ3) is 1.34. The number of nitrogens with zero attached hydrogens (tertiary/aromatic N) is 5. The van der Waals surface area contributed by atoms with Gasteiger partial charge in [0.05, 0.1) is 0 Å². The molecule has 0 atom stereocenters. The van der Waals surface area contributed by atoms with E-state index in [1.807, 2.05) is 18.3 Å². The second kappa shape index (κ2) is 3.27. The van der Waals surface area contributed by atoms with Gasteiger partial charge in [-0.1, -0.05) is 0 Å². The van der Waals surface area contributed by atoms with Crippen LogP contribution in [0.5, 0.6) is 0 Å². The van der Waals surface area contributed by atoms with Crippen LogP contribution in [-0.4, -0.2) is 29.8 Å². The van der Waals surface area contributed by atoms with Gasteiger partial charge in [0.25, 0.3) is 0 Å². The van der Waals surface area contributed by atoms with E-state index in [4.69, 9.17) is 5.73 Å². The molecule has 8 heteroatoms. The quantitative estimate of drug-likeness (QED) is 0.689. The summed E-state index contributed by atoms with van der Waals surface area (Å²) in [6.45, 7) is 0. The summed E-state index contributed by atoms with van der Waals surface area (Å²) in [4.78, 5) is 4.01. The van der Waals surface area contributed by atoms with E-state index in [2.05, 4.69) is 41.3 Å². The molecule has 3 rings (SSSR count). The van der Waals surface area contributed by atoms with E-state index >= 15 is 0 Å². The minimum Gasteiger partial charge on any atom is -0.366 e. The molecule has 80 valence electrons. The van der Waals surface area contributed by atoms with E-state index < -0.39 is 0 Å². The fourth-order valence-electron chi connectivity index (χ4n) is 1.40. The predicted octanol–water partition coefficient (Wildman–Crippen LogP) is 0.859. The Balaban J connectivity index is 2.27. The number of aromatic nitrogens is 6. The van der Waals surface area contributed by atoms with Crippen LogP contribution in [-0.2, 0) is 0 Å². The van der Waals surface area contributed by atoms with Gasteiger partial charge in [-0.25, -0.2) is 0 Å². The fourth-order valence-corrected chi connectivity index (χ4v) is 1.74. The molecule has 0 bridgehead atoms. The monoisotopic (exact) mass is 279 g/mol. The number of halogens is 1. The molecule has 0 unspecified atom stereocenters. The zero-order valence-corrected chi connectivity index (χ0v) is 9.51. The summed E-state index contributed by atoms with van der Waals surface area (Å²) in [7, 11) is 0. The first kappa shape index (κ1) is 9.28. The normalized spacial score (nSPS) is 11.1. The van der Waals surface area contributed by atoms with Crippen molar-refractivity contribution in [1.82, 2.24) is 29.8 Å². The lowest BCUT2D eigenvalue weighted by Gasteiger charge is -1.96. The average Bonchev–Trinajstić information content (AvgIpc) is 2.83. The molecule has 0 aliphatic rings. The van der Waals surface area contributed by atoms with E-state index in [0.717, 1.165) is 10.1 Å². The lowest BCUT2D eigenvalue weighted by Crippen LogP contribution is -1.91. The van der Waals surface area contributed by atoms with Crippen molar-refractivity contribution in [3.63, 3.8) is 0 Å². The Bertz CT molecular complexity index is 655. The summed E-state index contributed by atoms with van der Waals surface area (Å²) < 4.78 is 2.72. The zero-order chi connectivity index (χ0) is 11.1. The van der Waals surface area contributed by atoms with Crippen molar-refractivity contribution in [3.8, 4) is 11.6 Å². The maximum Gasteiger partial charge on any atom is 0.239 e. The highest BCUT2D eigenvalue weighted by molar-refractivity contribution is 9.10. The van der Waals surface area contributed by atoms with E-state index in [0.29, 0.717) is 11.6 Å². The van der Waals surface area contributed by atoms with Crippen LogP contribution in [0.3, 0.4) is 0 Å². The third-order valence-electron chi connectivity index (χ3n) is 2.08. The molecule has 0 amide bonds. The van der Waals surface area contributed by atoms with Crippen LogP contribution in [0.15, 0.2) is 22.8 Å². The number of nitrogens with two attached hydrogens (primary N) is 1. The molecule has 0 aliphatic heterocycles. The van der Waals surface area contributed by atoms with Crippen LogP contribution in [0.25, 0.3) is 17.3 Å². The minimum atomic E-state index is 0.182. The van der Waals surface area contributed by atoms with Gasteiger partial charge in [-0.3, -0.25) is 9.50 Å². The molecule has 0 saturated heterocycles. The van der Waals surface area contributed by atoms with Crippen molar-refractivity contribution >= 4 is 27.5 Å². The van der Waals surface area contributed by atoms with Crippen LogP contribution in [0, 0.1) is 0 Å². The Morgan fingerprint density at radius 1 is 1.31 bits per heavy atom. The van der Waals surface area contributed by atoms with Crippen LogP contribution in [0.2, 0.25) is 0 Å². The Labute approximate surface area is 97.8 Å². The van der Waals surface area contributed by atoms with Crippen molar-refractivity contribution < 1.29 is 0 Å².